The summed E-state index contributed by atoms with van der Waals surface area (Å²) in [4.78, 5) is 15.7. The van der Waals surface area contributed by atoms with E-state index in [1.54, 1.807) is 25.2 Å². The first-order valence-corrected chi connectivity index (χ1v) is 6.59. The number of thiophene rings is 1. The molecule has 0 saturated carbocycles. The van der Waals surface area contributed by atoms with E-state index < -0.39 is 0 Å². The van der Waals surface area contributed by atoms with Crippen molar-refractivity contribution in [1.82, 2.24) is 4.90 Å². The number of amides is 1. The van der Waals surface area contributed by atoms with Crippen molar-refractivity contribution in [1.29, 1.82) is 0 Å². The molecule has 1 amide bonds. The first kappa shape index (κ1) is 13.3. The van der Waals surface area contributed by atoms with E-state index in [-0.39, 0.29) is 18.1 Å². The Balaban J connectivity index is 2.11. The van der Waals surface area contributed by atoms with E-state index in [2.05, 4.69) is 0 Å². The van der Waals surface area contributed by atoms with Crippen LogP contribution in [0.3, 0.4) is 0 Å². The molecule has 2 atom stereocenters. The van der Waals surface area contributed by atoms with Gasteiger partial charge in [-0.1, -0.05) is 0 Å². The number of nitrogen functional groups attached to an aromatic ring is 1. The van der Waals surface area contributed by atoms with Crippen LogP contribution < -0.4 is 5.73 Å². The molecule has 0 spiro atoms. The molecule has 1 fully saturated rings. The maximum atomic E-state index is 12.3. The third-order valence-electron chi connectivity index (χ3n) is 3.28. The van der Waals surface area contributed by atoms with Crippen molar-refractivity contribution in [3.63, 3.8) is 0 Å². The van der Waals surface area contributed by atoms with Crippen LogP contribution >= 0.6 is 11.3 Å². The maximum Gasteiger partial charge on any atom is 0.264 e. The smallest absolute Gasteiger partial charge is 0.264 e. The van der Waals surface area contributed by atoms with Crippen molar-refractivity contribution >= 4 is 22.9 Å². The van der Waals surface area contributed by atoms with Gasteiger partial charge in [-0.25, -0.2) is 0 Å². The lowest BCUT2D eigenvalue weighted by atomic mass is 10.3. The largest absolute Gasteiger partial charge is 0.398 e. The topological polar surface area (TPSA) is 64.8 Å². The fraction of sp³-hybridized carbons (Fsp3) is 0.583. The summed E-state index contributed by atoms with van der Waals surface area (Å²) in [6.45, 7) is 3.03. The summed E-state index contributed by atoms with van der Waals surface area (Å²) in [5.41, 5.74) is 6.45. The molecule has 0 radical (unpaired) electrons. The van der Waals surface area contributed by atoms with E-state index in [0.29, 0.717) is 23.7 Å². The fourth-order valence-electron chi connectivity index (χ4n) is 2.12. The predicted octanol–water partition coefficient (Wildman–Crippen LogP) is 1.12. The molecule has 0 aliphatic carbocycles. The number of rotatable bonds is 3. The number of hydrogen-bond acceptors (Lipinski definition) is 5. The van der Waals surface area contributed by atoms with Crippen LogP contribution in [0.1, 0.15) is 14.5 Å². The molecule has 0 bridgehead atoms. The molecule has 5 nitrogen and oxygen atoms in total. The minimum absolute atomic E-state index is 0.00130. The number of carbonyl (C=O) groups is 1. The Morgan fingerprint density at radius 1 is 1.39 bits per heavy atom. The number of aryl methyl sites for hydroxylation is 1. The lowest BCUT2D eigenvalue weighted by Gasteiger charge is -2.14. The van der Waals surface area contributed by atoms with Gasteiger partial charge >= 0.3 is 0 Å². The molecule has 6 heteroatoms. The number of nitrogens with zero attached hydrogens (tertiary/aromatic N) is 1. The lowest BCUT2D eigenvalue weighted by molar-refractivity contribution is -0.00461. The summed E-state index contributed by atoms with van der Waals surface area (Å²) >= 11 is 1.43. The minimum Gasteiger partial charge on any atom is -0.398 e. The Morgan fingerprint density at radius 2 is 1.94 bits per heavy atom. The summed E-state index contributed by atoms with van der Waals surface area (Å²) < 4.78 is 10.6. The molecule has 2 heterocycles. The average molecular weight is 270 g/mol. The van der Waals surface area contributed by atoms with Crippen LogP contribution in [0.15, 0.2) is 6.07 Å². The number of methoxy groups -OCH3 is 2. The second-order valence-electron chi connectivity index (χ2n) is 4.38. The van der Waals surface area contributed by atoms with Crippen LogP contribution in [0.4, 0.5) is 5.69 Å². The van der Waals surface area contributed by atoms with Gasteiger partial charge in [-0.15, -0.1) is 11.3 Å². The van der Waals surface area contributed by atoms with E-state index >= 15 is 0 Å². The van der Waals surface area contributed by atoms with Gasteiger partial charge in [-0.2, -0.15) is 0 Å². The summed E-state index contributed by atoms with van der Waals surface area (Å²) in [6, 6.07) is 1.74. The molecular weight excluding hydrogens is 252 g/mol. The molecule has 1 aromatic rings. The Kier molecular flexibility index (Phi) is 3.89. The number of carbonyl (C=O) groups excluding carboxylic acids is 1. The fourth-order valence-corrected chi connectivity index (χ4v) is 3.03. The molecule has 100 valence electrons. The average Bonchev–Trinajstić information content (AvgIpc) is 2.92. The Hall–Kier alpha value is -1.11. The molecule has 1 aliphatic heterocycles. The normalized spacial score (nSPS) is 23.6. The first-order chi connectivity index (χ1) is 8.56. The third kappa shape index (κ3) is 2.36. The lowest BCUT2D eigenvalue weighted by Crippen LogP contribution is -2.29. The Morgan fingerprint density at radius 3 is 2.33 bits per heavy atom. The van der Waals surface area contributed by atoms with Crippen molar-refractivity contribution in [2.75, 3.05) is 33.0 Å². The SMILES string of the molecule is COC1CN(C(=O)c2cc(N)c(C)s2)CC1OC. The number of likely N-dealkylation sites (tertiary alicyclic amines) is 1. The van der Waals surface area contributed by atoms with Crippen LogP contribution in [0.25, 0.3) is 0 Å². The summed E-state index contributed by atoms with van der Waals surface area (Å²) in [5.74, 6) is 0.00130. The van der Waals surface area contributed by atoms with Gasteiger partial charge in [-0.05, 0) is 13.0 Å². The van der Waals surface area contributed by atoms with E-state index in [1.807, 2.05) is 6.92 Å². The Bertz CT molecular complexity index is 415. The molecule has 1 saturated heterocycles. The highest BCUT2D eigenvalue weighted by Crippen LogP contribution is 2.26. The molecule has 18 heavy (non-hydrogen) atoms. The number of anilines is 1. The highest BCUT2D eigenvalue weighted by atomic mass is 32.1. The van der Waals surface area contributed by atoms with Crippen molar-refractivity contribution in [2.45, 2.75) is 19.1 Å². The number of hydrogen-bond donors (Lipinski definition) is 1. The number of nitrogens with two attached hydrogens (primary N) is 1. The van der Waals surface area contributed by atoms with E-state index in [4.69, 9.17) is 15.2 Å². The second kappa shape index (κ2) is 5.26. The van der Waals surface area contributed by atoms with Gasteiger partial charge in [0, 0.05) is 37.9 Å². The van der Waals surface area contributed by atoms with Gasteiger partial charge in [0.2, 0.25) is 0 Å². The zero-order valence-corrected chi connectivity index (χ0v) is 11.6. The van der Waals surface area contributed by atoms with Gasteiger partial charge < -0.3 is 20.1 Å². The quantitative estimate of drug-likeness (QED) is 0.894. The Labute approximate surface area is 110 Å². The molecule has 1 aromatic heterocycles. The third-order valence-corrected chi connectivity index (χ3v) is 4.33. The molecule has 0 aromatic carbocycles. The van der Waals surface area contributed by atoms with Crippen LogP contribution in [-0.2, 0) is 9.47 Å². The molecule has 2 rings (SSSR count). The summed E-state index contributed by atoms with van der Waals surface area (Å²) in [7, 11) is 3.27. The number of ether oxygens (including phenoxy) is 2. The minimum atomic E-state index is -0.0580. The van der Waals surface area contributed by atoms with Crippen molar-refractivity contribution in [3.05, 3.63) is 15.8 Å². The van der Waals surface area contributed by atoms with Gasteiger partial charge in [-0.3, -0.25) is 4.79 Å². The molecular formula is C12H18N2O3S. The van der Waals surface area contributed by atoms with Crippen molar-refractivity contribution < 1.29 is 14.3 Å². The van der Waals surface area contributed by atoms with E-state index in [1.165, 1.54) is 11.3 Å². The van der Waals surface area contributed by atoms with Crippen LogP contribution in [0.2, 0.25) is 0 Å². The van der Waals surface area contributed by atoms with Crippen molar-refractivity contribution in [2.24, 2.45) is 0 Å². The van der Waals surface area contributed by atoms with Crippen LogP contribution in [-0.4, -0.2) is 50.3 Å². The zero-order chi connectivity index (χ0) is 13.3. The first-order valence-electron chi connectivity index (χ1n) is 5.77. The van der Waals surface area contributed by atoms with Gasteiger partial charge in [0.1, 0.15) is 12.2 Å². The molecule has 1 aliphatic rings. The van der Waals surface area contributed by atoms with Gasteiger partial charge in [0.25, 0.3) is 5.91 Å². The second-order valence-corrected chi connectivity index (χ2v) is 5.64. The van der Waals surface area contributed by atoms with Gasteiger partial charge in [0.15, 0.2) is 0 Å². The van der Waals surface area contributed by atoms with E-state index in [9.17, 15) is 4.79 Å². The van der Waals surface area contributed by atoms with Crippen LogP contribution in [0.5, 0.6) is 0 Å². The zero-order valence-electron chi connectivity index (χ0n) is 10.8. The molecule has 2 unspecified atom stereocenters. The van der Waals surface area contributed by atoms with Crippen LogP contribution in [0, 0.1) is 6.92 Å². The molecule has 2 N–H and O–H groups in total. The van der Waals surface area contributed by atoms with Gasteiger partial charge in [0.05, 0.1) is 4.88 Å². The van der Waals surface area contributed by atoms with Crippen molar-refractivity contribution in [3.8, 4) is 0 Å². The van der Waals surface area contributed by atoms with E-state index in [0.717, 1.165) is 4.88 Å². The predicted molar refractivity (Wildman–Crippen MR) is 71.0 cm³/mol. The highest BCUT2D eigenvalue weighted by molar-refractivity contribution is 7.14. The summed E-state index contributed by atoms with van der Waals surface area (Å²) in [6.07, 6.45) is -0.116. The summed E-state index contributed by atoms with van der Waals surface area (Å²) in [5, 5.41) is 0. The standard InChI is InChI=1S/C12H18N2O3S/c1-7-8(13)4-11(18-7)12(15)14-5-9(16-2)10(6-14)17-3/h4,9-10H,5-6,13H2,1-3H3. The maximum absolute atomic E-state index is 12.3. The monoisotopic (exact) mass is 270 g/mol. The highest BCUT2D eigenvalue weighted by Gasteiger charge is 2.36.